The van der Waals surface area contributed by atoms with E-state index in [-0.39, 0.29) is 10.6 Å². The van der Waals surface area contributed by atoms with Crippen LogP contribution in [0.3, 0.4) is 0 Å². The lowest BCUT2D eigenvalue weighted by Crippen LogP contribution is -2.01. The summed E-state index contributed by atoms with van der Waals surface area (Å²) in [5.74, 6) is -0.741. The summed E-state index contributed by atoms with van der Waals surface area (Å²) in [7, 11) is 0. The van der Waals surface area contributed by atoms with Crippen LogP contribution in [0.15, 0.2) is 36.5 Å². The van der Waals surface area contributed by atoms with Crippen molar-refractivity contribution < 1.29 is 9.90 Å². The van der Waals surface area contributed by atoms with Crippen molar-refractivity contribution in [2.45, 2.75) is 0 Å². The van der Waals surface area contributed by atoms with E-state index in [1.54, 1.807) is 18.2 Å². The van der Waals surface area contributed by atoms with Crippen LogP contribution in [-0.2, 0) is 0 Å². The van der Waals surface area contributed by atoms with Gasteiger partial charge in [0.2, 0.25) is 0 Å². The van der Waals surface area contributed by atoms with Gasteiger partial charge in [-0.1, -0.05) is 35.3 Å². The van der Waals surface area contributed by atoms with Crippen LogP contribution in [0, 0.1) is 0 Å². The molecule has 2 rings (SSSR count). The highest BCUT2D eigenvalue weighted by molar-refractivity contribution is 6.34. The molecule has 0 fully saturated rings. The summed E-state index contributed by atoms with van der Waals surface area (Å²) in [5.41, 5.74) is 0.631. The molecule has 0 atom stereocenters. The lowest BCUT2D eigenvalue weighted by Gasteiger charge is -2.08. The normalized spacial score (nSPS) is 10.1. The molecule has 0 saturated carbocycles. The molecule has 2 N–H and O–H groups in total. The van der Waals surface area contributed by atoms with Crippen LogP contribution < -0.4 is 5.32 Å². The second kappa shape index (κ2) is 5.25. The third-order valence-corrected chi connectivity index (χ3v) is 2.85. The van der Waals surface area contributed by atoms with Crippen LogP contribution in [0.4, 0.5) is 11.5 Å². The minimum atomic E-state index is -1.11. The number of aromatic nitrogens is 1. The Morgan fingerprint density at radius 3 is 2.61 bits per heavy atom. The second-order valence-electron chi connectivity index (χ2n) is 3.46. The van der Waals surface area contributed by atoms with Crippen molar-refractivity contribution in [2.75, 3.05) is 5.32 Å². The van der Waals surface area contributed by atoms with E-state index in [1.807, 2.05) is 6.07 Å². The van der Waals surface area contributed by atoms with Crippen LogP contribution in [0.25, 0.3) is 0 Å². The maximum atomic E-state index is 10.9. The molecule has 0 amide bonds. The van der Waals surface area contributed by atoms with E-state index in [4.69, 9.17) is 28.3 Å². The fraction of sp³-hybridized carbons (Fsp3) is 0. The third kappa shape index (κ3) is 2.72. The van der Waals surface area contributed by atoms with Crippen LogP contribution in [-0.4, -0.2) is 16.1 Å². The average Bonchev–Trinajstić information content (AvgIpc) is 2.34. The Hall–Kier alpha value is -1.78. The molecule has 0 spiro atoms. The standard InChI is InChI=1S/C12H8Cl2N2O2/c13-8-3-1-2-4-10(8)16-11-5-7(12(17)18)9(14)6-15-11/h1-6H,(H,15,16)(H,17,18). The average molecular weight is 283 g/mol. The van der Waals surface area contributed by atoms with E-state index in [9.17, 15) is 4.79 Å². The molecule has 0 aliphatic heterocycles. The number of benzene rings is 1. The molecule has 1 aromatic carbocycles. The number of nitrogens with one attached hydrogen (secondary N) is 1. The van der Waals surface area contributed by atoms with Gasteiger partial charge >= 0.3 is 5.97 Å². The van der Waals surface area contributed by atoms with Crippen molar-refractivity contribution in [3.05, 3.63) is 52.1 Å². The number of carbonyl (C=O) groups is 1. The van der Waals surface area contributed by atoms with E-state index in [1.165, 1.54) is 12.3 Å². The Morgan fingerprint density at radius 2 is 1.94 bits per heavy atom. The van der Waals surface area contributed by atoms with E-state index < -0.39 is 5.97 Å². The van der Waals surface area contributed by atoms with E-state index in [0.717, 1.165) is 0 Å². The predicted octanol–water partition coefficient (Wildman–Crippen LogP) is 3.83. The number of carboxylic acids is 1. The Bertz CT molecular complexity index is 602. The second-order valence-corrected chi connectivity index (χ2v) is 4.27. The van der Waals surface area contributed by atoms with Gasteiger partial charge in [0.15, 0.2) is 0 Å². The number of carboxylic acid groups (broad SMARTS) is 1. The Labute approximate surface area is 113 Å². The molecule has 0 saturated heterocycles. The van der Waals surface area contributed by atoms with Gasteiger partial charge in [0.25, 0.3) is 0 Å². The van der Waals surface area contributed by atoms with Gasteiger partial charge in [-0.3, -0.25) is 0 Å². The first-order valence-electron chi connectivity index (χ1n) is 4.98. The quantitative estimate of drug-likeness (QED) is 0.898. The molecule has 2 aromatic rings. The molecular formula is C12H8Cl2N2O2. The zero-order valence-electron chi connectivity index (χ0n) is 9.02. The van der Waals surface area contributed by atoms with Crippen LogP contribution in [0.2, 0.25) is 10.0 Å². The Morgan fingerprint density at radius 1 is 1.22 bits per heavy atom. The van der Waals surface area contributed by atoms with Gasteiger partial charge in [-0.2, -0.15) is 0 Å². The van der Waals surface area contributed by atoms with Gasteiger partial charge in [0.05, 0.1) is 21.3 Å². The summed E-state index contributed by atoms with van der Waals surface area (Å²) in [6.45, 7) is 0. The number of hydrogen-bond donors (Lipinski definition) is 2. The van der Waals surface area contributed by atoms with Crippen molar-refractivity contribution in [3.63, 3.8) is 0 Å². The molecule has 0 bridgehead atoms. The first kappa shape index (κ1) is 12.7. The molecule has 0 aliphatic rings. The molecule has 18 heavy (non-hydrogen) atoms. The fourth-order valence-corrected chi connectivity index (χ4v) is 1.74. The number of hydrogen-bond acceptors (Lipinski definition) is 3. The molecule has 1 aromatic heterocycles. The van der Waals surface area contributed by atoms with Crippen molar-refractivity contribution in [2.24, 2.45) is 0 Å². The molecule has 4 nitrogen and oxygen atoms in total. The zero-order chi connectivity index (χ0) is 13.1. The minimum Gasteiger partial charge on any atom is -0.478 e. The van der Waals surface area contributed by atoms with Crippen molar-refractivity contribution in [1.82, 2.24) is 4.98 Å². The Balaban J connectivity index is 2.33. The van der Waals surface area contributed by atoms with E-state index in [2.05, 4.69) is 10.3 Å². The summed E-state index contributed by atoms with van der Waals surface area (Å²) >= 11 is 11.7. The number of para-hydroxylation sites is 1. The Kier molecular flexibility index (Phi) is 3.69. The maximum Gasteiger partial charge on any atom is 0.337 e. The van der Waals surface area contributed by atoms with Gasteiger partial charge < -0.3 is 10.4 Å². The van der Waals surface area contributed by atoms with Gasteiger partial charge in [0, 0.05) is 6.20 Å². The van der Waals surface area contributed by atoms with Crippen LogP contribution >= 0.6 is 23.2 Å². The van der Waals surface area contributed by atoms with E-state index >= 15 is 0 Å². The van der Waals surface area contributed by atoms with Crippen molar-refractivity contribution >= 4 is 40.7 Å². The van der Waals surface area contributed by atoms with Crippen LogP contribution in [0.5, 0.6) is 0 Å². The molecule has 1 heterocycles. The highest BCUT2D eigenvalue weighted by atomic mass is 35.5. The van der Waals surface area contributed by atoms with Crippen molar-refractivity contribution in [3.8, 4) is 0 Å². The minimum absolute atomic E-state index is 0.0128. The fourth-order valence-electron chi connectivity index (χ4n) is 1.37. The molecular weight excluding hydrogens is 275 g/mol. The number of halogens is 2. The van der Waals surface area contributed by atoms with Gasteiger partial charge in [-0.15, -0.1) is 0 Å². The molecule has 0 unspecified atom stereocenters. The largest absolute Gasteiger partial charge is 0.478 e. The number of aromatic carboxylic acids is 1. The topological polar surface area (TPSA) is 62.2 Å². The molecule has 0 aliphatic carbocycles. The number of nitrogens with zero attached hydrogens (tertiary/aromatic N) is 1. The van der Waals surface area contributed by atoms with E-state index in [0.29, 0.717) is 16.5 Å². The monoisotopic (exact) mass is 282 g/mol. The lowest BCUT2D eigenvalue weighted by atomic mass is 10.2. The smallest absolute Gasteiger partial charge is 0.337 e. The first-order valence-corrected chi connectivity index (χ1v) is 5.74. The first-order chi connectivity index (χ1) is 8.58. The molecule has 92 valence electrons. The zero-order valence-corrected chi connectivity index (χ0v) is 10.5. The van der Waals surface area contributed by atoms with Gasteiger partial charge in [0.1, 0.15) is 5.82 Å². The number of pyridine rings is 1. The summed E-state index contributed by atoms with van der Waals surface area (Å²) in [6, 6.07) is 8.44. The number of anilines is 2. The maximum absolute atomic E-state index is 10.9. The van der Waals surface area contributed by atoms with Gasteiger partial charge in [-0.05, 0) is 18.2 Å². The predicted molar refractivity (Wildman–Crippen MR) is 70.9 cm³/mol. The SMILES string of the molecule is O=C(O)c1cc(Nc2ccccc2Cl)ncc1Cl. The summed E-state index contributed by atoms with van der Waals surface area (Å²) in [4.78, 5) is 14.9. The summed E-state index contributed by atoms with van der Waals surface area (Å²) in [6.07, 6.45) is 1.28. The highest BCUT2D eigenvalue weighted by Crippen LogP contribution is 2.25. The van der Waals surface area contributed by atoms with Gasteiger partial charge in [-0.25, -0.2) is 9.78 Å². The van der Waals surface area contributed by atoms with Crippen molar-refractivity contribution in [1.29, 1.82) is 0 Å². The number of rotatable bonds is 3. The lowest BCUT2D eigenvalue weighted by molar-refractivity contribution is 0.0697. The van der Waals surface area contributed by atoms with Crippen LogP contribution in [0.1, 0.15) is 10.4 Å². The molecule has 6 heteroatoms. The summed E-state index contributed by atoms with van der Waals surface area (Å²) < 4.78 is 0. The molecule has 0 radical (unpaired) electrons. The third-order valence-electron chi connectivity index (χ3n) is 2.22. The highest BCUT2D eigenvalue weighted by Gasteiger charge is 2.11. The summed E-state index contributed by atoms with van der Waals surface area (Å²) in [5, 5.41) is 12.5.